The largest absolute Gasteiger partial charge is 0.321 e. The van der Waals surface area contributed by atoms with Gasteiger partial charge in [0.25, 0.3) is 5.56 Å². The molecule has 172 valence electrons. The van der Waals surface area contributed by atoms with Crippen LogP contribution in [0.3, 0.4) is 0 Å². The molecule has 0 aliphatic carbocycles. The van der Waals surface area contributed by atoms with Crippen LogP contribution in [0, 0.1) is 0 Å². The Morgan fingerprint density at radius 3 is 2.70 bits per heavy atom. The minimum Gasteiger partial charge on any atom is -0.321 e. The van der Waals surface area contributed by atoms with E-state index in [4.69, 9.17) is 0 Å². The lowest BCUT2D eigenvalue weighted by atomic mass is 10.4. The van der Waals surface area contributed by atoms with E-state index in [0.29, 0.717) is 28.6 Å². The van der Waals surface area contributed by atoms with E-state index in [9.17, 15) is 9.00 Å². The van der Waals surface area contributed by atoms with Crippen LogP contribution in [0.4, 0.5) is 17.5 Å². The molecule has 11 nitrogen and oxygen atoms in total. The third-order valence-corrected chi connectivity index (χ3v) is 5.24. The van der Waals surface area contributed by atoms with Crippen LogP contribution in [0.5, 0.6) is 0 Å². The second-order valence-electron chi connectivity index (χ2n) is 7.97. The van der Waals surface area contributed by atoms with Crippen molar-refractivity contribution in [2.45, 2.75) is 26.4 Å². The zero-order chi connectivity index (χ0) is 23.8. The quantitative estimate of drug-likeness (QED) is 0.414. The van der Waals surface area contributed by atoms with Crippen molar-refractivity contribution in [3.8, 4) is 5.82 Å². The fourth-order valence-corrected chi connectivity index (χ4v) is 3.78. The molecule has 0 spiro atoms. The summed E-state index contributed by atoms with van der Waals surface area (Å²) in [6, 6.07) is 5.34. The van der Waals surface area contributed by atoms with Gasteiger partial charge in [-0.25, -0.2) is 23.5 Å². The van der Waals surface area contributed by atoms with Gasteiger partial charge in [-0.15, -0.1) is 6.58 Å². The smallest absolute Gasteiger partial charge is 0.278 e. The first-order valence-electron chi connectivity index (χ1n) is 10.2. The maximum absolute atomic E-state index is 13.1. The molecule has 0 saturated carbocycles. The van der Waals surface area contributed by atoms with Crippen molar-refractivity contribution < 1.29 is 4.21 Å². The maximum Gasteiger partial charge on any atom is 0.278 e. The molecule has 4 rings (SSSR count). The third kappa shape index (κ3) is 4.70. The van der Waals surface area contributed by atoms with Gasteiger partial charge in [-0.3, -0.25) is 9.48 Å². The Kier molecular flexibility index (Phi) is 5.85. The van der Waals surface area contributed by atoms with Crippen LogP contribution in [0.15, 0.2) is 58.6 Å². The first-order chi connectivity index (χ1) is 15.7. The molecule has 1 N–H and O–H groups in total. The Morgan fingerprint density at radius 2 is 2.03 bits per heavy atom. The molecule has 0 unspecified atom stereocenters. The molecule has 0 atom stereocenters. The number of anilines is 2. The molecule has 0 aliphatic rings. The SMILES string of the molecule is C=CCn1c(=O)c2cnc(Nc3cnn(C(C)C)c3)nc2n1-c1cccc(N=S(C)(C)=O)n1. The summed E-state index contributed by atoms with van der Waals surface area (Å²) in [4.78, 5) is 26.5. The molecule has 0 bridgehead atoms. The molecule has 0 amide bonds. The molecule has 4 aromatic heterocycles. The van der Waals surface area contributed by atoms with Crippen LogP contribution < -0.4 is 10.9 Å². The summed E-state index contributed by atoms with van der Waals surface area (Å²) >= 11 is 0. The number of hydrogen-bond acceptors (Lipinski definition) is 8. The van der Waals surface area contributed by atoms with Gasteiger partial charge in [0.1, 0.15) is 5.39 Å². The predicted molar refractivity (Wildman–Crippen MR) is 129 cm³/mol. The van der Waals surface area contributed by atoms with Gasteiger partial charge in [-0.05, 0) is 26.0 Å². The van der Waals surface area contributed by atoms with E-state index in [0.717, 1.165) is 5.69 Å². The lowest BCUT2D eigenvalue weighted by Crippen LogP contribution is -2.22. The minimum atomic E-state index is -2.40. The number of aromatic nitrogens is 7. The van der Waals surface area contributed by atoms with Crippen LogP contribution in [-0.4, -0.2) is 50.8 Å². The molecular weight excluding hydrogens is 442 g/mol. The highest BCUT2D eigenvalue weighted by molar-refractivity contribution is 7.92. The molecule has 0 aliphatic heterocycles. The van der Waals surface area contributed by atoms with Crippen LogP contribution in [0.1, 0.15) is 19.9 Å². The third-order valence-electron chi connectivity index (χ3n) is 4.61. The van der Waals surface area contributed by atoms with Gasteiger partial charge in [0, 0.05) is 40.7 Å². The van der Waals surface area contributed by atoms with Crippen molar-refractivity contribution in [2.75, 3.05) is 17.8 Å². The molecule has 0 fully saturated rings. The van der Waals surface area contributed by atoms with E-state index in [1.54, 1.807) is 35.2 Å². The van der Waals surface area contributed by atoms with E-state index in [1.807, 2.05) is 24.7 Å². The van der Waals surface area contributed by atoms with Gasteiger partial charge >= 0.3 is 0 Å². The highest BCUT2D eigenvalue weighted by atomic mass is 32.2. The van der Waals surface area contributed by atoms with Crippen molar-refractivity contribution in [3.63, 3.8) is 0 Å². The minimum absolute atomic E-state index is 0.215. The highest BCUT2D eigenvalue weighted by Crippen LogP contribution is 2.20. The van der Waals surface area contributed by atoms with Crippen LogP contribution in [0.2, 0.25) is 0 Å². The molecule has 0 aromatic carbocycles. The van der Waals surface area contributed by atoms with Crippen LogP contribution in [-0.2, 0) is 16.3 Å². The van der Waals surface area contributed by atoms with E-state index in [2.05, 4.69) is 36.3 Å². The zero-order valence-electron chi connectivity index (χ0n) is 18.8. The number of hydrogen-bond donors (Lipinski definition) is 1. The van der Waals surface area contributed by atoms with Crippen molar-refractivity contribution in [3.05, 3.63) is 59.8 Å². The Morgan fingerprint density at radius 1 is 1.24 bits per heavy atom. The van der Waals surface area contributed by atoms with Gasteiger partial charge in [0.05, 0.1) is 18.4 Å². The monoisotopic (exact) mass is 467 g/mol. The van der Waals surface area contributed by atoms with E-state index in [1.165, 1.54) is 23.4 Å². The number of rotatable bonds is 7. The maximum atomic E-state index is 13.1. The van der Waals surface area contributed by atoms with Gasteiger partial charge in [-0.1, -0.05) is 12.1 Å². The van der Waals surface area contributed by atoms with Gasteiger partial charge in [0.15, 0.2) is 17.3 Å². The summed E-state index contributed by atoms with van der Waals surface area (Å²) in [7, 11) is -2.40. The number of nitrogens with one attached hydrogen (secondary N) is 1. The van der Waals surface area contributed by atoms with Crippen molar-refractivity contribution in [1.29, 1.82) is 0 Å². The summed E-state index contributed by atoms with van der Waals surface area (Å²) in [5, 5.41) is 7.76. The lowest BCUT2D eigenvalue weighted by Gasteiger charge is -2.10. The Labute approximate surface area is 191 Å². The van der Waals surface area contributed by atoms with Gasteiger partial charge in [-0.2, -0.15) is 14.4 Å². The number of nitrogens with zero attached hydrogens (tertiary/aromatic N) is 8. The average Bonchev–Trinajstić information content (AvgIpc) is 3.31. The predicted octanol–water partition coefficient (Wildman–Crippen LogP) is 3.04. The Bertz CT molecular complexity index is 1510. The first-order valence-corrected chi connectivity index (χ1v) is 12.5. The second-order valence-corrected chi connectivity index (χ2v) is 10.5. The summed E-state index contributed by atoms with van der Waals surface area (Å²) in [6.45, 7) is 8.05. The molecule has 4 aromatic rings. The van der Waals surface area contributed by atoms with E-state index >= 15 is 0 Å². The normalized spacial score (nSPS) is 11.8. The summed E-state index contributed by atoms with van der Waals surface area (Å²) in [5.74, 6) is 1.02. The van der Waals surface area contributed by atoms with E-state index in [-0.39, 0.29) is 18.1 Å². The molecule has 12 heteroatoms. The second kappa shape index (κ2) is 8.62. The fourth-order valence-electron chi connectivity index (χ4n) is 3.23. The zero-order valence-corrected chi connectivity index (χ0v) is 19.7. The van der Waals surface area contributed by atoms with Crippen molar-refractivity contribution in [2.24, 2.45) is 4.36 Å². The van der Waals surface area contributed by atoms with Crippen molar-refractivity contribution in [1.82, 2.24) is 34.1 Å². The van der Waals surface area contributed by atoms with Gasteiger partial charge in [0.2, 0.25) is 5.95 Å². The average molecular weight is 468 g/mol. The van der Waals surface area contributed by atoms with Crippen LogP contribution >= 0.6 is 0 Å². The van der Waals surface area contributed by atoms with Gasteiger partial charge < -0.3 is 5.32 Å². The highest BCUT2D eigenvalue weighted by Gasteiger charge is 2.18. The number of fused-ring (bicyclic) bond motifs is 1. The Hall–Kier alpha value is -3.80. The molecule has 0 saturated heterocycles. The first kappa shape index (κ1) is 22.4. The Balaban J connectivity index is 1.87. The summed E-state index contributed by atoms with van der Waals surface area (Å²) in [5.41, 5.74) is 0.819. The molecule has 4 heterocycles. The number of pyridine rings is 1. The molecule has 33 heavy (non-hydrogen) atoms. The van der Waals surface area contributed by atoms with Crippen molar-refractivity contribution >= 4 is 38.2 Å². The van der Waals surface area contributed by atoms with Crippen LogP contribution in [0.25, 0.3) is 16.9 Å². The summed E-state index contributed by atoms with van der Waals surface area (Å²) in [6.07, 6.45) is 9.70. The summed E-state index contributed by atoms with van der Waals surface area (Å²) < 4.78 is 21.2. The molecular formula is C21H25N9O2S. The molecule has 0 radical (unpaired) electrons. The fraction of sp³-hybridized carbons (Fsp3) is 0.286. The van der Waals surface area contributed by atoms with E-state index < -0.39 is 9.73 Å². The standard InChI is InChI=1S/C21H25N9O2S/c1-6-10-29-20(31)16-12-22-21(24-15-11-23-28(13-15)14(2)3)26-19(16)30(29)18-9-7-8-17(25-18)27-33(4,5)32/h6-9,11-14H,1,10H2,2-5H3,(H,22,24,26). The number of allylic oxidation sites excluding steroid dienone is 1. The lowest BCUT2D eigenvalue weighted by molar-refractivity contribution is 0.532. The topological polar surface area (TPSA) is 125 Å².